The molecule has 0 aliphatic carbocycles. The summed E-state index contributed by atoms with van der Waals surface area (Å²) in [4.78, 5) is 1.09. The van der Waals surface area contributed by atoms with Crippen molar-refractivity contribution in [1.82, 2.24) is 0 Å². The summed E-state index contributed by atoms with van der Waals surface area (Å²) in [6.45, 7) is 0.644. The lowest BCUT2D eigenvalue weighted by atomic mass is 10.1. The van der Waals surface area contributed by atoms with Crippen LogP contribution in [0.15, 0.2) is 53.4 Å². The summed E-state index contributed by atoms with van der Waals surface area (Å²) in [5, 5.41) is 9.71. The van der Waals surface area contributed by atoms with Crippen LogP contribution in [0.25, 0.3) is 0 Å². The topological polar surface area (TPSA) is 29.5 Å². The largest absolute Gasteiger partial charge is 0.508 e. The number of phenols is 1. The van der Waals surface area contributed by atoms with Crippen LogP contribution in [-0.4, -0.2) is 11.7 Å². The number of ether oxygens (including phenoxy) is 1. The lowest BCUT2D eigenvalue weighted by molar-refractivity contribution is 0.302. The molecule has 0 fully saturated rings. The maximum Gasteiger partial charge on any atom is 0.136 e. The quantitative estimate of drug-likeness (QED) is 0.830. The molecule has 0 bridgehead atoms. The van der Waals surface area contributed by atoms with Gasteiger partial charge in [0.15, 0.2) is 0 Å². The Bertz CT molecular complexity index is 525. The number of phenolic OH excluding ortho intramolecular Hbond substituents is 1. The van der Waals surface area contributed by atoms with Gasteiger partial charge in [-0.25, -0.2) is 0 Å². The highest BCUT2D eigenvalue weighted by Crippen LogP contribution is 2.45. The molecule has 1 aliphatic rings. The summed E-state index contributed by atoms with van der Waals surface area (Å²) in [5.74, 6) is 1.03. The smallest absolute Gasteiger partial charge is 0.136 e. The Morgan fingerprint density at radius 2 is 1.94 bits per heavy atom. The van der Waals surface area contributed by atoms with E-state index in [0.717, 1.165) is 10.6 Å². The Kier molecular flexibility index (Phi) is 2.69. The number of thioether (sulfide) groups is 1. The van der Waals surface area contributed by atoms with Crippen molar-refractivity contribution in [3.05, 3.63) is 54.1 Å². The Hall–Kier alpha value is -1.61. The fourth-order valence-corrected chi connectivity index (χ4v) is 3.01. The first-order chi connectivity index (χ1) is 8.33. The highest BCUT2D eigenvalue weighted by molar-refractivity contribution is 7.99. The van der Waals surface area contributed by atoms with E-state index in [1.807, 2.05) is 24.3 Å². The Morgan fingerprint density at radius 3 is 2.76 bits per heavy atom. The molecule has 2 aromatic carbocycles. The van der Waals surface area contributed by atoms with E-state index in [4.69, 9.17) is 4.74 Å². The zero-order valence-electron chi connectivity index (χ0n) is 9.17. The van der Waals surface area contributed by atoms with E-state index in [1.165, 1.54) is 5.56 Å². The van der Waals surface area contributed by atoms with Gasteiger partial charge in [-0.05, 0) is 17.7 Å². The van der Waals surface area contributed by atoms with Crippen molar-refractivity contribution in [3.8, 4) is 11.5 Å². The first-order valence-electron chi connectivity index (χ1n) is 5.50. The summed E-state index contributed by atoms with van der Waals surface area (Å²) in [7, 11) is 0. The number of rotatable bonds is 1. The van der Waals surface area contributed by atoms with E-state index >= 15 is 0 Å². The molecule has 1 atom stereocenters. The first kappa shape index (κ1) is 10.5. The van der Waals surface area contributed by atoms with Crippen molar-refractivity contribution < 1.29 is 9.84 Å². The SMILES string of the molecule is Oc1ccc2c(c1)OC[C@@H](c1ccccc1)S2. The second-order valence-corrected chi connectivity index (χ2v) is 5.20. The highest BCUT2D eigenvalue weighted by atomic mass is 32.2. The average Bonchev–Trinajstić information content (AvgIpc) is 2.39. The molecule has 0 saturated carbocycles. The molecule has 3 rings (SSSR count). The minimum Gasteiger partial charge on any atom is -0.508 e. The van der Waals surface area contributed by atoms with Crippen molar-refractivity contribution in [2.45, 2.75) is 10.1 Å². The van der Waals surface area contributed by atoms with Crippen molar-refractivity contribution in [1.29, 1.82) is 0 Å². The third-order valence-corrected chi connectivity index (χ3v) is 4.04. The molecule has 0 amide bonds. The summed E-state index contributed by atoms with van der Waals surface area (Å²) < 4.78 is 5.69. The van der Waals surface area contributed by atoms with Crippen LogP contribution in [0.4, 0.5) is 0 Å². The van der Waals surface area contributed by atoms with Gasteiger partial charge >= 0.3 is 0 Å². The van der Waals surface area contributed by atoms with Crippen LogP contribution in [-0.2, 0) is 0 Å². The molecule has 0 saturated heterocycles. The molecule has 1 aliphatic heterocycles. The zero-order chi connectivity index (χ0) is 11.7. The predicted octanol–water partition coefficient (Wildman–Crippen LogP) is 3.62. The number of hydrogen-bond acceptors (Lipinski definition) is 3. The summed E-state index contributed by atoms with van der Waals surface area (Å²) >= 11 is 1.78. The van der Waals surface area contributed by atoms with Gasteiger partial charge in [-0.15, -0.1) is 11.8 Å². The first-order valence-corrected chi connectivity index (χ1v) is 6.38. The second kappa shape index (κ2) is 4.34. The highest BCUT2D eigenvalue weighted by Gasteiger charge is 2.22. The van der Waals surface area contributed by atoms with Gasteiger partial charge in [-0.2, -0.15) is 0 Å². The molecule has 3 heteroatoms. The van der Waals surface area contributed by atoms with Crippen LogP contribution in [0, 0.1) is 0 Å². The molecule has 0 spiro atoms. The van der Waals surface area contributed by atoms with Gasteiger partial charge in [0.2, 0.25) is 0 Å². The van der Waals surface area contributed by atoms with E-state index in [2.05, 4.69) is 12.1 Å². The van der Waals surface area contributed by atoms with Gasteiger partial charge in [0, 0.05) is 6.07 Å². The van der Waals surface area contributed by atoms with Crippen LogP contribution in [0.1, 0.15) is 10.8 Å². The molecule has 2 aromatic rings. The number of benzene rings is 2. The predicted molar refractivity (Wildman–Crippen MR) is 68.6 cm³/mol. The standard InChI is InChI=1S/C14H12O2S/c15-11-6-7-13-12(8-11)16-9-14(17-13)10-4-2-1-3-5-10/h1-8,14-15H,9H2/t14-/m0/s1. The normalized spacial score (nSPS) is 18.2. The molecular formula is C14H12O2S. The average molecular weight is 244 g/mol. The van der Waals surface area contributed by atoms with Gasteiger partial charge in [0.25, 0.3) is 0 Å². The van der Waals surface area contributed by atoms with Crippen molar-refractivity contribution in [2.24, 2.45) is 0 Å². The van der Waals surface area contributed by atoms with Crippen molar-refractivity contribution >= 4 is 11.8 Å². The molecule has 17 heavy (non-hydrogen) atoms. The molecule has 0 aromatic heterocycles. The van der Waals surface area contributed by atoms with Crippen LogP contribution in [0.2, 0.25) is 0 Å². The van der Waals surface area contributed by atoms with Crippen LogP contribution < -0.4 is 4.74 Å². The minimum atomic E-state index is 0.252. The fourth-order valence-electron chi connectivity index (χ4n) is 1.89. The number of aromatic hydroxyl groups is 1. The van der Waals surface area contributed by atoms with Crippen LogP contribution in [0.5, 0.6) is 11.5 Å². The lowest BCUT2D eigenvalue weighted by Crippen LogP contribution is -2.12. The fraction of sp³-hybridized carbons (Fsp3) is 0.143. The summed E-state index contributed by atoms with van der Waals surface area (Å²) in [5.41, 5.74) is 1.27. The van der Waals surface area contributed by atoms with E-state index in [0.29, 0.717) is 11.9 Å². The van der Waals surface area contributed by atoms with Gasteiger partial charge in [-0.3, -0.25) is 0 Å². The van der Waals surface area contributed by atoms with Crippen molar-refractivity contribution in [2.75, 3.05) is 6.61 Å². The summed E-state index contributed by atoms with van der Waals surface area (Å²) in [6.07, 6.45) is 0. The molecule has 0 unspecified atom stereocenters. The van der Waals surface area contributed by atoms with E-state index in [-0.39, 0.29) is 5.75 Å². The van der Waals surface area contributed by atoms with Gasteiger partial charge in [0.1, 0.15) is 18.1 Å². The maximum absolute atomic E-state index is 9.38. The monoisotopic (exact) mass is 244 g/mol. The maximum atomic E-state index is 9.38. The van der Waals surface area contributed by atoms with Crippen LogP contribution in [0.3, 0.4) is 0 Å². The van der Waals surface area contributed by atoms with E-state index < -0.39 is 0 Å². The third kappa shape index (κ3) is 2.11. The molecule has 2 nitrogen and oxygen atoms in total. The molecular weight excluding hydrogens is 232 g/mol. The van der Waals surface area contributed by atoms with Crippen molar-refractivity contribution in [3.63, 3.8) is 0 Å². The second-order valence-electron chi connectivity index (χ2n) is 3.96. The number of hydrogen-bond donors (Lipinski definition) is 1. The number of fused-ring (bicyclic) bond motifs is 1. The van der Waals surface area contributed by atoms with Gasteiger partial charge in [0.05, 0.1) is 10.1 Å². The minimum absolute atomic E-state index is 0.252. The van der Waals surface area contributed by atoms with Crippen LogP contribution >= 0.6 is 11.8 Å². The zero-order valence-corrected chi connectivity index (χ0v) is 9.98. The molecule has 86 valence electrons. The summed E-state index contributed by atoms with van der Waals surface area (Å²) in [6, 6.07) is 15.6. The molecule has 1 heterocycles. The molecule has 1 N–H and O–H groups in total. The third-order valence-electron chi connectivity index (χ3n) is 2.76. The Labute approximate surface area is 104 Å². The Balaban J connectivity index is 1.88. The Morgan fingerprint density at radius 1 is 1.12 bits per heavy atom. The van der Waals surface area contributed by atoms with E-state index in [9.17, 15) is 5.11 Å². The van der Waals surface area contributed by atoms with Gasteiger partial charge in [-0.1, -0.05) is 30.3 Å². The van der Waals surface area contributed by atoms with E-state index in [1.54, 1.807) is 23.9 Å². The van der Waals surface area contributed by atoms with Gasteiger partial charge < -0.3 is 9.84 Å². The molecule has 0 radical (unpaired) electrons. The lowest BCUT2D eigenvalue weighted by Gasteiger charge is -2.25.